The minimum absolute atomic E-state index is 0.00355. The molecule has 1 heterocycles. The van der Waals surface area contributed by atoms with Crippen LogP contribution in [0.1, 0.15) is 67.9 Å². The van der Waals surface area contributed by atoms with Crippen molar-refractivity contribution < 1.29 is 13.2 Å². The second-order valence-corrected chi connectivity index (χ2v) is 10.8. The normalized spacial score (nSPS) is 16.6. The fourth-order valence-corrected chi connectivity index (χ4v) is 5.96. The van der Waals surface area contributed by atoms with Crippen molar-refractivity contribution in [2.24, 2.45) is 5.92 Å². The number of sulfonamides is 1. The SMILES string of the molecule is CC(C)C[C@H](NC(=O)c1ccc(Cl)c(S(=O)(=O)N2CCCCCC2)c1)c1ccccc1. The summed E-state index contributed by atoms with van der Waals surface area (Å²) in [5.41, 5.74) is 1.32. The van der Waals surface area contributed by atoms with Crippen LogP contribution in [0.4, 0.5) is 0 Å². The third kappa shape index (κ3) is 6.09. The topological polar surface area (TPSA) is 66.5 Å². The smallest absolute Gasteiger partial charge is 0.251 e. The Morgan fingerprint density at radius 1 is 1.03 bits per heavy atom. The fraction of sp³-hybridized carbons (Fsp3) is 0.458. The highest BCUT2D eigenvalue weighted by Gasteiger charge is 2.28. The number of carbonyl (C=O) groups is 1. The van der Waals surface area contributed by atoms with Crippen molar-refractivity contribution in [2.75, 3.05) is 13.1 Å². The molecule has 0 aliphatic carbocycles. The number of nitrogens with zero attached hydrogens (tertiary/aromatic N) is 1. The molecule has 0 bridgehead atoms. The Labute approximate surface area is 190 Å². The zero-order valence-corrected chi connectivity index (χ0v) is 19.8. The first-order chi connectivity index (χ1) is 14.8. The lowest BCUT2D eigenvalue weighted by Crippen LogP contribution is -2.33. The van der Waals surface area contributed by atoms with Crippen LogP contribution in [0.5, 0.6) is 0 Å². The summed E-state index contributed by atoms with van der Waals surface area (Å²) in [6, 6.07) is 14.2. The number of halogens is 1. The van der Waals surface area contributed by atoms with E-state index in [1.165, 1.54) is 16.4 Å². The van der Waals surface area contributed by atoms with Crippen LogP contribution in [-0.2, 0) is 10.0 Å². The van der Waals surface area contributed by atoms with Crippen molar-refractivity contribution in [1.82, 2.24) is 9.62 Å². The van der Waals surface area contributed by atoms with E-state index < -0.39 is 10.0 Å². The second-order valence-electron chi connectivity index (χ2n) is 8.53. The van der Waals surface area contributed by atoms with E-state index in [1.54, 1.807) is 6.07 Å². The van der Waals surface area contributed by atoms with E-state index in [4.69, 9.17) is 11.6 Å². The molecule has 0 aromatic heterocycles. The number of hydrogen-bond donors (Lipinski definition) is 1. The van der Waals surface area contributed by atoms with Gasteiger partial charge in [0, 0.05) is 18.7 Å². The number of carbonyl (C=O) groups excluding carboxylic acids is 1. The highest BCUT2D eigenvalue weighted by Crippen LogP contribution is 2.28. The van der Waals surface area contributed by atoms with E-state index in [0.717, 1.165) is 37.7 Å². The number of rotatable bonds is 7. The second kappa shape index (κ2) is 10.6. The average Bonchev–Trinajstić information content (AvgIpc) is 3.04. The van der Waals surface area contributed by atoms with Crippen molar-refractivity contribution >= 4 is 27.5 Å². The highest BCUT2D eigenvalue weighted by molar-refractivity contribution is 7.89. The molecule has 168 valence electrons. The maximum Gasteiger partial charge on any atom is 0.251 e. The predicted molar refractivity (Wildman–Crippen MR) is 125 cm³/mol. The van der Waals surface area contributed by atoms with Crippen LogP contribution in [0.2, 0.25) is 5.02 Å². The monoisotopic (exact) mass is 462 g/mol. The van der Waals surface area contributed by atoms with Gasteiger partial charge in [0.1, 0.15) is 4.90 Å². The van der Waals surface area contributed by atoms with E-state index in [2.05, 4.69) is 19.2 Å². The van der Waals surface area contributed by atoms with Gasteiger partial charge in [0.2, 0.25) is 10.0 Å². The quantitative estimate of drug-likeness (QED) is 0.597. The van der Waals surface area contributed by atoms with Gasteiger partial charge in [-0.15, -0.1) is 0 Å². The van der Waals surface area contributed by atoms with Crippen LogP contribution < -0.4 is 5.32 Å². The molecule has 0 unspecified atom stereocenters. The molecule has 2 aromatic carbocycles. The Kier molecular flexibility index (Phi) is 8.14. The van der Waals surface area contributed by atoms with E-state index in [9.17, 15) is 13.2 Å². The van der Waals surface area contributed by atoms with E-state index in [-0.39, 0.29) is 21.9 Å². The van der Waals surface area contributed by atoms with E-state index >= 15 is 0 Å². The van der Waals surface area contributed by atoms with Crippen LogP contribution in [0.3, 0.4) is 0 Å². The Morgan fingerprint density at radius 3 is 2.29 bits per heavy atom. The molecule has 0 spiro atoms. The van der Waals surface area contributed by atoms with Gasteiger partial charge in [-0.2, -0.15) is 4.31 Å². The summed E-state index contributed by atoms with van der Waals surface area (Å²) in [6.07, 6.45) is 4.51. The lowest BCUT2D eigenvalue weighted by atomic mass is 9.96. The van der Waals surface area contributed by atoms with Gasteiger partial charge in [-0.25, -0.2) is 8.42 Å². The maximum atomic E-state index is 13.2. The first-order valence-corrected chi connectivity index (χ1v) is 12.8. The van der Waals surface area contributed by atoms with Gasteiger partial charge in [-0.3, -0.25) is 4.79 Å². The Bertz CT molecular complexity index is 985. The van der Waals surface area contributed by atoms with Crippen molar-refractivity contribution in [2.45, 2.75) is 56.9 Å². The number of hydrogen-bond acceptors (Lipinski definition) is 3. The molecule has 1 aliphatic rings. The molecular formula is C24H31ClN2O3S. The lowest BCUT2D eigenvalue weighted by molar-refractivity contribution is 0.0931. The average molecular weight is 463 g/mol. The van der Waals surface area contributed by atoms with Crippen LogP contribution in [0.25, 0.3) is 0 Å². The number of amides is 1. The molecule has 2 aromatic rings. The fourth-order valence-electron chi connectivity index (χ4n) is 3.94. The molecule has 1 atom stereocenters. The minimum Gasteiger partial charge on any atom is -0.345 e. The third-order valence-corrected chi connectivity index (χ3v) is 7.97. The zero-order valence-electron chi connectivity index (χ0n) is 18.2. The number of nitrogens with one attached hydrogen (secondary N) is 1. The Morgan fingerprint density at radius 2 is 1.68 bits per heavy atom. The van der Waals surface area contributed by atoms with Gasteiger partial charge in [-0.1, -0.05) is 68.6 Å². The lowest BCUT2D eigenvalue weighted by Gasteiger charge is -2.22. The Hall–Kier alpha value is -1.89. The molecular weight excluding hydrogens is 432 g/mol. The summed E-state index contributed by atoms with van der Waals surface area (Å²) in [6.45, 7) is 5.19. The summed E-state index contributed by atoms with van der Waals surface area (Å²) >= 11 is 6.28. The molecule has 31 heavy (non-hydrogen) atoms. The van der Waals surface area contributed by atoms with Gasteiger partial charge >= 0.3 is 0 Å². The Balaban J connectivity index is 1.86. The van der Waals surface area contributed by atoms with Crippen molar-refractivity contribution in [1.29, 1.82) is 0 Å². The van der Waals surface area contributed by atoms with E-state index in [0.29, 0.717) is 24.6 Å². The standard InChI is InChI=1S/C24H31ClN2O3S/c1-18(2)16-22(19-10-6-5-7-11-19)26-24(28)20-12-13-21(25)23(17-20)31(29,30)27-14-8-3-4-9-15-27/h5-7,10-13,17-18,22H,3-4,8-9,14-16H2,1-2H3,(H,26,28)/t22-/m0/s1. The van der Waals surface area contributed by atoms with Gasteiger partial charge < -0.3 is 5.32 Å². The summed E-state index contributed by atoms with van der Waals surface area (Å²) < 4.78 is 28.0. The van der Waals surface area contributed by atoms with Gasteiger partial charge in [-0.05, 0) is 48.9 Å². The molecule has 1 saturated heterocycles. The molecule has 1 N–H and O–H groups in total. The minimum atomic E-state index is -3.75. The number of benzene rings is 2. The van der Waals surface area contributed by atoms with Crippen molar-refractivity contribution in [3.8, 4) is 0 Å². The summed E-state index contributed by atoms with van der Waals surface area (Å²) in [5.74, 6) is 0.0770. The first-order valence-electron chi connectivity index (χ1n) is 10.9. The zero-order chi connectivity index (χ0) is 22.4. The van der Waals surface area contributed by atoms with Crippen LogP contribution in [0, 0.1) is 5.92 Å². The predicted octanol–water partition coefficient (Wildman–Crippen LogP) is 5.42. The molecule has 0 radical (unpaired) electrons. The van der Waals surface area contributed by atoms with Crippen LogP contribution in [-0.4, -0.2) is 31.7 Å². The third-order valence-electron chi connectivity index (χ3n) is 5.59. The largest absolute Gasteiger partial charge is 0.345 e. The van der Waals surface area contributed by atoms with E-state index in [1.807, 2.05) is 30.3 Å². The highest BCUT2D eigenvalue weighted by atomic mass is 35.5. The molecule has 3 rings (SSSR count). The van der Waals surface area contributed by atoms with Crippen molar-refractivity contribution in [3.05, 3.63) is 64.7 Å². The maximum absolute atomic E-state index is 13.2. The molecule has 7 heteroatoms. The van der Waals surface area contributed by atoms with Crippen molar-refractivity contribution in [3.63, 3.8) is 0 Å². The summed E-state index contributed by atoms with van der Waals surface area (Å²) in [4.78, 5) is 13.1. The molecule has 5 nitrogen and oxygen atoms in total. The first kappa shape index (κ1) is 23.8. The molecule has 1 amide bonds. The molecule has 1 fully saturated rings. The van der Waals surface area contributed by atoms with Gasteiger partial charge in [0.25, 0.3) is 5.91 Å². The van der Waals surface area contributed by atoms with Crippen LogP contribution >= 0.6 is 11.6 Å². The van der Waals surface area contributed by atoms with Gasteiger partial charge in [0.15, 0.2) is 0 Å². The summed E-state index contributed by atoms with van der Waals surface area (Å²) in [7, 11) is -3.75. The summed E-state index contributed by atoms with van der Waals surface area (Å²) in [5, 5.41) is 3.22. The van der Waals surface area contributed by atoms with Crippen LogP contribution in [0.15, 0.2) is 53.4 Å². The van der Waals surface area contributed by atoms with Gasteiger partial charge in [0.05, 0.1) is 11.1 Å². The molecule has 1 aliphatic heterocycles. The molecule has 0 saturated carbocycles.